The van der Waals surface area contributed by atoms with Crippen LogP contribution in [0.5, 0.6) is 0 Å². The summed E-state index contributed by atoms with van der Waals surface area (Å²) in [5.41, 5.74) is 2.81. The molecule has 140 valence electrons. The van der Waals surface area contributed by atoms with Gasteiger partial charge in [-0.05, 0) is 67.1 Å². The van der Waals surface area contributed by atoms with E-state index in [0.29, 0.717) is 11.3 Å². The van der Waals surface area contributed by atoms with Gasteiger partial charge < -0.3 is 5.32 Å². The summed E-state index contributed by atoms with van der Waals surface area (Å²) in [6.45, 7) is 1.96. The Balaban J connectivity index is 1.35. The second-order valence-corrected chi connectivity index (χ2v) is 7.88. The average molecular weight is 372 g/mol. The molecule has 5 rings (SSSR count). The zero-order chi connectivity index (χ0) is 19.4. The molecule has 5 heteroatoms. The van der Waals surface area contributed by atoms with Crippen LogP contribution < -0.4 is 10.2 Å². The monoisotopic (exact) mass is 372 g/mol. The first kappa shape index (κ1) is 16.9. The highest BCUT2D eigenvalue weighted by Gasteiger charge is 2.59. The molecule has 2 fully saturated rings. The fourth-order valence-electron chi connectivity index (χ4n) is 4.84. The third kappa shape index (κ3) is 2.50. The second-order valence-electron chi connectivity index (χ2n) is 7.88. The van der Waals surface area contributed by atoms with Gasteiger partial charge >= 0.3 is 0 Å². The molecule has 2 bridgehead atoms. The van der Waals surface area contributed by atoms with Crippen LogP contribution >= 0.6 is 0 Å². The maximum absolute atomic E-state index is 12.9. The van der Waals surface area contributed by atoms with Gasteiger partial charge in [0.15, 0.2) is 0 Å². The number of nitrogens with one attached hydrogen (secondary N) is 1. The quantitative estimate of drug-likeness (QED) is 0.662. The van der Waals surface area contributed by atoms with Gasteiger partial charge in [-0.2, -0.15) is 0 Å². The first-order valence-electron chi connectivity index (χ1n) is 9.57. The van der Waals surface area contributed by atoms with Crippen molar-refractivity contribution < 1.29 is 14.4 Å². The molecule has 0 radical (unpaired) electrons. The fraction of sp³-hybridized carbons (Fsp3) is 0.261. The summed E-state index contributed by atoms with van der Waals surface area (Å²) in [5, 5.41) is 2.86. The molecule has 2 aliphatic carbocycles. The topological polar surface area (TPSA) is 66.5 Å². The number of imide groups is 1. The molecule has 1 N–H and O–H groups in total. The normalized spacial score (nSPS) is 27.4. The van der Waals surface area contributed by atoms with Gasteiger partial charge in [0.25, 0.3) is 5.91 Å². The van der Waals surface area contributed by atoms with Gasteiger partial charge in [0.1, 0.15) is 0 Å². The van der Waals surface area contributed by atoms with Gasteiger partial charge in [0.05, 0.1) is 17.5 Å². The third-order valence-corrected chi connectivity index (χ3v) is 6.13. The molecule has 1 aliphatic heterocycles. The number of carbonyl (C=O) groups excluding carboxylic acids is 3. The lowest BCUT2D eigenvalue weighted by Crippen LogP contribution is -2.32. The smallest absolute Gasteiger partial charge is 0.255 e. The predicted octanol–water partition coefficient (Wildman–Crippen LogP) is 3.56. The molecule has 0 spiro atoms. The molecule has 1 saturated heterocycles. The van der Waals surface area contributed by atoms with E-state index >= 15 is 0 Å². The third-order valence-electron chi connectivity index (χ3n) is 6.13. The number of aryl methyl sites for hydroxylation is 1. The molecule has 1 heterocycles. The number of fused-ring (bicyclic) bond motifs is 5. The SMILES string of the molecule is Cc1cccc(NC(=O)c2ccc(N3C(=O)[C@@H]4[C@H](C3=O)[C@H]3C=C[C@H]4C3)cc2)c1. The number of allylic oxidation sites excluding steroid dienone is 2. The minimum absolute atomic E-state index is 0.108. The first-order chi connectivity index (χ1) is 13.5. The Kier molecular flexibility index (Phi) is 3.72. The van der Waals surface area contributed by atoms with Crippen molar-refractivity contribution in [2.75, 3.05) is 10.2 Å². The largest absolute Gasteiger partial charge is 0.322 e. The summed E-state index contributed by atoms with van der Waals surface area (Å²) in [6, 6.07) is 14.2. The molecule has 0 aromatic heterocycles. The van der Waals surface area contributed by atoms with Crippen LogP contribution in [0.1, 0.15) is 22.3 Å². The Hall–Kier alpha value is -3.21. The lowest BCUT2D eigenvalue weighted by atomic mass is 9.85. The molecule has 3 amide bonds. The molecular weight excluding hydrogens is 352 g/mol. The summed E-state index contributed by atoms with van der Waals surface area (Å²) in [5.74, 6) is -0.492. The van der Waals surface area contributed by atoms with Gasteiger partial charge in [0, 0.05) is 11.3 Å². The highest BCUT2D eigenvalue weighted by atomic mass is 16.2. The molecule has 3 aliphatic rings. The van der Waals surface area contributed by atoms with Gasteiger partial charge in [-0.3, -0.25) is 19.3 Å². The van der Waals surface area contributed by atoms with Gasteiger partial charge in [0.2, 0.25) is 11.8 Å². The Morgan fingerprint density at radius 2 is 1.61 bits per heavy atom. The standard InChI is InChI=1S/C23H20N2O3/c1-13-3-2-4-17(11-13)24-21(26)14-7-9-18(10-8-14)25-22(27)19-15-5-6-16(12-15)20(19)23(25)28/h2-11,15-16,19-20H,12H2,1H3,(H,24,26)/t15-,16-,19-,20+/m0/s1. The lowest BCUT2D eigenvalue weighted by molar-refractivity contribution is -0.123. The van der Waals surface area contributed by atoms with Crippen molar-refractivity contribution in [3.63, 3.8) is 0 Å². The van der Waals surface area contributed by atoms with Crippen LogP contribution in [0.4, 0.5) is 11.4 Å². The van der Waals surface area contributed by atoms with Crippen LogP contribution in [0.3, 0.4) is 0 Å². The Bertz CT molecular complexity index is 994. The van der Waals surface area contributed by atoms with E-state index < -0.39 is 0 Å². The summed E-state index contributed by atoms with van der Waals surface area (Å²) in [6.07, 6.45) is 5.08. The Labute approximate surface area is 163 Å². The van der Waals surface area contributed by atoms with E-state index in [-0.39, 0.29) is 41.4 Å². The van der Waals surface area contributed by atoms with E-state index in [4.69, 9.17) is 0 Å². The minimum atomic E-state index is -0.227. The summed E-state index contributed by atoms with van der Waals surface area (Å²) >= 11 is 0. The summed E-state index contributed by atoms with van der Waals surface area (Å²) in [4.78, 5) is 39.5. The maximum Gasteiger partial charge on any atom is 0.255 e. The van der Waals surface area contributed by atoms with Crippen molar-refractivity contribution in [2.45, 2.75) is 13.3 Å². The number of benzene rings is 2. The lowest BCUT2D eigenvalue weighted by Gasteiger charge is -2.17. The highest BCUT2D eigenvalue weighted by molar-refractivity contribution is 6.23. The van der Waals surface area contributed by atoms with Gasteiger partial charge in [-0.25, -0.2) is 0 Å². The Morgan fingerprint density at radius 3 is 2.21 bits per heavy atom. The minimum Gasteiger partial charge on any atom is -0.322 e. The van der Waals surface area contributed by atoms with E-state index in [1.54, 1.807) is 24.3 Å². The van der Waals surface area contributed by atoms with Crippen LogP contribution in [-0.4, -0.2) is 17.7 Å². The second kappa shape index (κ2) is 6.16. The van der Waals surface area contributed by atoms with Crippen LogP contribution in [0.2, 0.25) is 0 Å². The number of hydrogen-bond donors (Lipinski definition) is 1. The van der Waals surface area contributed by atoms with Crippen molar-refractivity contribution in [1.29, 1.82) is 0 Å². The molecule has 28 heavy (non-hydrogen) atoms. The van der Waals surface area contributed by atoms with E-state index in [0.717, 1.165) is 17.7 Å². The van der Waals surface area contributed by atoms with E-state index in [1.807, 2.05) is 31.2 Å². The van der Waals surface area contributed by atoms with Crippen LogP contribution in [0.15, 0.2) is 60.7 Å². The number of amides is 3. The molecule has 1 saturated carbocycles. The molecule has 2 aromatic rings. The number of anilines is 2. The number of carbonyl (C=O) groups is 3. The summed E-state index contributed by atoms with van der Waals surface area (Å²) < 4.78 is 0. The zero-order valence-electron chi connectivity index (χ0n) is 15.5. The van der Waals surface area contributed by atoms with Crippen LogP contribution in [0.25, 0.3) is 0 Å². The Morgan fingerprint density at radius 1 is 0.964 bits per heavy atom. The van der Waals surface area contributed by atoms with Crippen molar-refractivity contribution >= 4 is 29.1 Å². The molecule has 5 nitrogen and oxygen atoms in total. The fourth-order valence-corrected chi connectivity index (χ4v) is 4.84. The van der Waals surface area contributed by atoms with E-state index in [2.05, 4.69) is 17.5 Å². The van der Waals surface area contributed by atoms with Crippen LogP contribution in [-0.2, 0) is 9.59 Å². The molecule has 4 atom stereocenters. The number of nitrogens with zero attached hydrogens (tertiary/aromatic N) is 1. The van der Waals surface area contributed by atoms with Crippen molar-refractivity contribution in [1.82, 2.24) is 0 Å². The van der Waals surface area contributed by atoms with Crippen LogP contribution in [0, 0.1) is 30.6 Å². The van der Waals surface area contributed by atoms with E-state index in [1.165, 1.54) is 4.90 Å². The van der Waals surface area contributed by atoms with E-state index in [9.17, 15) is 14.4 Å². The van der Waals surface area contributed by atoms with Crippen molar-refractivity contribution in [2.24, 2.45) is 23.7 Å². The summed E-state index contributed by atoms with van der Waals surface area (Å²) in [7, 11) is 0. The zero-order valence-corrected chi connectivity index (χ0v) is 15.5. The molecule has 2 aromatic carbocycles. The number of hydrogen-bond acceptors (Lipinski definition) is 3. The molecular formula is C23H20N2O3. The van der Waals surface area contributed by atoms with Gasteiger partial charge in [-0.1, -0.05) is 24.3 Å². The number of rotatable bonds is 3. The average Bonchev–Trinajstić information content (AvgIpc) is 3.36. The highest BCUT2D eigenvalue weighted by Crippen LogP contribution is 2.53. The first-order valence-corrected chi connectivity index (χ1v) is 9.57. The molecule has 0 unspecified atom stereocenters. The maximum atomic E-state index is 12.9. The van der Waals surface area contributed by atoms with Crippen molar-refractivity contribution in [3.8, 4) is 0 Å². The predicted molar refractivity (Wildman–Crippen MR) is 106 cm³/mol. The van der Waals surface area contributed by atoms with Crippen molar-refractivity contribution in [3.05, 3.63) is 71.8 Å². The van der Waals surface area contributed by atoms with Gasteiger partial charge in [-0.15, -0.1) is 0 Å².